The number of hydrogen-bond donors (Lipinski definition) is 3. The highest BCUT2D eigenvalue weighted by Crippen LogP contribution is 2.23. The van der Waals surface area contributed by atoms with Crippen molar-refractivity contribution in [1.82, 2.24) is 5.32 Å². The van der Waals surface area contributed by atoms with Crippen molar-refractivity contribution in [1.29, 1.82) is 0 Å². The topological polar surface area (TPSA) is 75.4 Å². The van der Waals surface area contributed by atoms with Gasteiger partial charge in [0.15, 0.2) is 0 Å². The van der Waals surface area contributed by atoms with Crippen LogP contribution in [0.4, 0.5) is 0 Å². The Morgan fingerprint density at radius 3 is 2.50 bits per heavy atom. The second kappa shape index (κ2) is 5.32. The van der Waals surface area contributed by atoms with Crippen LogP contribution in [0.25, 0.3) is 0 Å². The number of aliphatic hydroxyl groups is 1. The number of aliphatic hydroxyl groups excluding tert-OH is 1. The van der Waals surface area contributed by atoms with Gasteiger partial charge in [0.1, 0.15) is 0 Å². The number of carbonyl (C=O) groups is 1. The van der Waals surface area contributed by atoms with Crippen molar-refractivity contribution in [3.8, 4) is 0 Å². The van der Waals surface area contributed by atoms with Crippen LogP contribution in [-0.2, 0) is 4.79 Å². The van der Waals surface area contributed by atoms with Gasteiger partial charge in [-0.1, -0.05) is 0 Å². The molecule has 0 aromatic heterocycles. The highest BCUT2D eigenvalue weighted by atomic mass is 16.3. The predicted octanol–water partition coefficient (Wildman–Crippen LogP) is 0.000900. The summed E-state index contributed by atoms with van der Waals surface area (Å²) in [6, 6.07) is -0.165. The van der Waals surface area contributed by atoms with Crippen LogP contribution in [0.3, 0.4) is 0 Å². The Hall–Kier alpha value is -0.610. The first-order valence-electron chi connectivity index (χ1n) is 5.30. The summed E-state index contributed by atoms with van der Waals surface area (Å²) < 4.78 is 0. The molecule has 1 aliphatic rings. The Bertz CT molecular complexity index is 187. The molecule has 14 heavy (non-hydrogen) atoms. The van der Waals surface area contributed by atoms with E-state index in [2.05, 4.69) is 5.32 Å². The summed E-state index contributed by atoms with van der Waals surface area (Å²) in [7, 11) is 0. The van der Waals surface area contributed by atoms with E-state index in [-0.39, 0.29) is 18.6 Å². The van der Waals surface area contributed by atoms with Crippen LogP contribution in [0, 0.1) is 5.92 Å². The van der Waals surface area contributed by atoms with Crippen molar-refractivity contribution >= 4 is 5.91 Å². The van der Waals surface area contributed by atoms with Crippen molar-refractivity contribution in [2.24, 2.45) is 11.7 Å². The summed E-state index contributed by atoms with van der Waals surface area (Å²) in [6.45, 7) is 1.96. The van der Waals surface area contributed by atoms with Crippen LogP contribution >= 0.6 is 0 Å². The van der Waals surface area contributed by atoms with Gasteiger partial charge in [0.2, 0.25) is 5.91 Å². The van der Waals surface area contributed by atoms with Crippen LogP contribution in [0.2, 0.25) is 0 Å². The Morgan fingerprint density at radius 2 is 2.07 bits per heavy atom. The number of hydrogen-bond acceptors (Lipinski definition) is 3. The number of nitrogens with two attached hydrogens (primary N) is 1. The summed E-state index contributed by atoms with van der Waals surface area (Å²) in [5, 5.41) is 11.9. The molecule has 0 aromatic rings. The average molecular weight is 200 g/mol. The molecule has 0 saturated heterocycles. The lowest BCUT2D eigenvalue weighted by Crippen LogP contribution is -2.45. The molecule has 4 N–H and O–H groups in total. The van der Waals surface area contributed by atoms with Crippen LogP contribution in [0.1, 0.15) is 32.6 Å². The fraction of sp³-hybridized carbons (Fsp3) is 0.900. The molecule has 0 aromatic carbocycles. The van der Waals surface area contributed by atoms with E-state index < -0.39 is 6.04 Å². The molecule has 1 saturated carbocycles. The number of amides is 1. The molecule has 0 radical (unpaired) electrons. The molecule has 1 fully saturated rings. The van der Waals surface area contributed by atoms with Gasteiger partial charge in [0.05, 0.1) is 6.04 Å². The van der Waals surface area contributed by atoms with E-state index in [1.165, 1.54) is 0 Å². The summed E-state index contributed by atoms with van der Waals surface area (Å²) in [4.78, 5) is 11.3. The maximum Gasteiger partial charge on any atom is 0.236 e. The maximum absolute atomic E-state index is 11.3. The van der Waals surface area contributed by atoms with Gasteiger partial charge in [-0.05, 0) is 38.5 Å². The lowest BCUT2D eigenvalue weighted by atomic mass is 9.86. The Balaban J connectivity index is 2.25. The Labute approximate surface area is 84.9 Å². The second-order valence-corrected chi connectivity index (χ2v) is 4.20. The zero-order valence-electron chi connectivity index (χ0n) is 8.70. The van der Waals surface area contributed by atoms with Gasteiger partial charge in [-0.3, -0.25) is 4.79 Å². The summed E-state index contributed by atoms with van der Waals surface area (Å²) >= 11 is 0. The van der Waals surface area contributed by atoms with Crippen molar-refractivity contribution < 1.29 is 9.90 Å². The van der Waals surface area contributed by atoms with Gasteiger partial charge >= 0.3 is 0 Å². The maximum atomic E-state index is 11.3. The van der Waals surface area contributed by atoms with Crippen molar-refractivity contribution in [2.45, 2.75) is 44.7 Å². The van der Waals surface area contributed by atoms with Gasteiger partial charge in [-0.25, -0.2) is 0 Å². The first kappa shape index (κ1) is 11.5. The lowest BCUT2D eigenvalue weighted by molar-refractivity contribution is -0.123. The first-order chi connectivity index (χ1) is 6.63. The van der Waals surface area contributed by atoms with E-state index in [0.717, 1.165) is 25.7 Å². The summed E-state index contributed by atoms with van der Waals surface area (Å²) in [5.41, 5.74) is 5.45. The first-order valence-corrected chi connectivity index (χ1v) is 5.30. The zero-order valence-corrected chi connectivity index (χ0v) is 8.70. The van der Waals surface area contributed by atoms with Gasteiger partial charge in [-0.2, -0.15) is 0 Å². The summed E-state index contributed by atoms with van der Waals surface area (Å²) in [5.74, 6) is 0.357. The molecule has 1 aliphatic carbocycles. The lowest BCUT2D eigenvalue weighted by Gasteiger charge is -2.28. The number of rotatable bonds is 3. The normalized spacial score (nSPS) is 29.6. The SMILES string of the molecule is C[C@@H](N)C(=O)NC1CCC(CO)CC1. The average Bonchev–Trinajstić information content (AvgIpc) is 2.19. The fourth-order valence-corrected chi connectivity index (χ4v) is 1.82. The smallest absolute Gasteiger partial charge is 0.236 e. The molecule has 0 heterocycles. The van der Waals surface area contributed by atoms with E-state index >= 15 is 0 Å². The second-order valence-electron chi connectivity index (χ2n) is 4.20. The Morgan fingerprint density at radius 1 is 1.50 bits per heavy atom. The minimum atomic E-state index is -0.425. The molecule has 1 amide bonds. The van der Waals surface area contributed by atoms with E-state index in [9.17, 15) is 4.79 Å². The van der Waals surface area contributed by atoms with Crippen molar-refractivity contribution in [3.63, 3.8) is 0 Å². The fourth-order valence-electron chi connectivity index (χ4n) is 1.82. The van der Waals surface area contributed by atoms with Gasteiger partial charge in [0.25, 0.3) is 0 Å². The zero-order chi connectivity index (χ0) is 10.6. The molecule has 4 nitrogen and oxygen atoms in total. The minimum absolute atomic E-state index is 0.0718. The molecule has 0 aliphatic heterocycles. The van der Waals surface area contributed by atoms with Crippen molar-refractivity contribution in [3.05, 3.63) is 0 Å². The van der Waals surface area contributed by atoms with Crippen LogP contribution in [0.5, 0.6) is 0 Å². The molecular formula is C10H20N2O2. The van der Waals surface area contributed by atoms with E-state index in [4.69, 9.17) is 10.8 Å². The number of carbonyl (C=O) groups excluding carboxylic acids is 1. The standard InChI is InChI=1S/C10H20N2O2/c1-7(11)10(14)12-9-4-2-8(6-13)3-5-9/h7-9,13H,2-6,11H2,1H3,(H,12,14)/t7-,8?,9?/m1/s1. The third kappa shape index (κ3) is 3.27. The van der Waals surface area contributed by atoms with Gasteiger partial charge in [0, 0.05) is 12.6 Å². The number of nitrogens with one attached hydrogen (secondary N) is 1. The highest BCUT2D eigenvalue weighted by molar-refractivity contribution is 5.81. The van der Waals surface area contributed by atoms with E-state index in [0.29, 0.717) is 5.92 Å². The third-order valence-electron chi connectivity index (χ3n) is 2.86. The molecule has 1 rings (SSSR count). The molecule has 0 bridgehead atoms. The predicted molar refractivity (Wildman–Crippen MR) is 54.6 cm³/mol. The van der Waals surface area contributed by atoms with E-state index in [1.54, 1.807) is 6.92 Å². The quantitative estimate of drug-likeness (QED) is 0.600. The molecular weight excluding hydrogens is 180 g/mol. The van der Waals surface area contributed by atoms with E-state index in [1.807, 2.05) is 0 Å². The Kier molecular flexibility index (Phi) is 4.35. The van der Waals surface area contributed by atoms with Crippen LogP contribution in [-0.4, -0.2) is 29.7 Å². The van der Waals surface area contributed by atoms with Crippen LogP contribution in [0.15, 0.2) is 0 Å². The van der Waals surface area contributed by atoms with Crippen molar-refractivity contribution in [2.75, 3.05) is 6.61 Å². The molecule has 4 heteroatoms. The third-order valence-corrected chi connectivity index (χ3v) is 2.86. The highest BCUT2D eigenvalue weighted by Gasteiger charge is 2.22. The molecule has 82 valence electrons. The molecule has 1 atom stereocenters. The largest absolute Gasteiger partial charge is 0.396 e. The van der Waals surface area contributed by atoms with Gasteiger partial charge < -0.3 is 16.2 Å². The monoisotopic (exact) mass is 200 g/mol. The van der Waals surface area contributed by atoms with Gasteiger partial charge in [-0.15, -0.1) is 0 Å². The minimum Gasteiger partial charge on any atom is -0.396 e. The molecule has 0 unspecified atom stereocenters. The summed E-state index contributed by atoms with van der Waals surface area (Å²) in [6.07, 6.45) is 3.92. The van der Waals surface area contributed by atoms with Crippen LogP contribution < -0.4 is 11.1 Å². The molecule has 0 spiro atoms.